The number of furan rings is 1. The van der Waals surface area contributed by atoms with Crippen LogP contribution in [0.15, 0.2) is 10.5 Å². The van der Waals surface area contributed by atoms with E-state index in [1.165, 1.54) is 6.07 Å². The maximum absolute atomic E-state index is 11.5. The minimum Gasteiger partial charge on any atom is -0.478 e. The largest absolute Gasteiger partial charge is 0.478 e. The van der Waals surface area contributed by atoms with Crippen LogP contribution >= 0.6 is 0 Å². The fraction of sp³-hybridized carbons (Fsp3) is 0.455. The number of hydrogen-bond acceptors (Lipinski definition) is 3. The van der Waals surface area contributed by atoms with Crippen molar-refractivity contribution in [2.75, 3.05) is 6.54 Å². The molecule has 2 N–H and O–H groups in total. The van der Waals surface area contributed by atoms with Gasteiger partial charge in [0.25, 0.3) is 5.91 Å². The molecular formula is C11H15NO4. The fourth-order valence-electron chi connectivity index (χ4n) is 1.31. The zero-order chi connectivity index (χ0) is 12.1. The zero-order valence-electron chi connectivity index (χ0n) is 9.37. The Kier molecular flexibility index (Phi) is 4.10. The molecule has 0 aliphatic heterocycles. The number of nitrogens with one attached hydrogen (secondary N) is 1. The van der Waals surface area contributed by atoms with E-state index in [1.807, 2.05) is 6.92 Å². The second-order valence-corrected chi connectivity index (χ2v) is 3.36. The lowest BCUT2D eigenvalue weighted by Crippen LogP contribution is -2.23. The van der Waals surface area contributed by atoms with Gasteiger partial charge in [-0.3, -0.25) is 4.79 Å². The average molecular weight is 225 g/mol. The molecule has 16 heavy (non-hydrogen) atoms. The lowest BCUT2D eigenvalue weighted by molar-refractivity contribution is 0.0694. The molecule has 0 saturated heterocycles. The Morgan fingerprint density at radius 3 is 2.56 bits per heavy atom. The second-order valence-electron chi connectivity index (χ2n) is 3.36. The summed E-state index contributed by atoms with van der Waals surface area (Å²) in [6.45, 7) is 4.25. The first-order valence-corrected chi connectivity index (χ1v) is 5.24. The van der Waals surface area contributed by atoms with E-state index in [-0.39, 0.29) is 17.2 Å². The molecule has 1 rings (SSSR count). The van der Waals surface area contributed by atoms with Crippen LogP contribution in [0.2, 0.25) is 0 Å². The van der Waals surface area contributed by atoms with E-state index >= 15 is 0 Å². The normalized spacial score (nSPS) is 10.1. The summed E-state index contributed by atoms with van der Waals surface area (Å²) in [6.07, 6.45) is 1.27. The number of aryl methyl sites for hydroxylation is 1. The summed E-state index contributed by atoms with van der Waals surface area (Å²) in [5.74, 6) is -1.06. The molecule has 0 spiro atoms. The Balaban J connectivity index is 2.90. The lowest BCUT2D eigenvalue weighted by atomic mass is 10.2. The maximum atomic E-state index is 11.5. The van der Waals surface area contributed by atoms with Gasteiger partial charge < -0.3 is 14.8 Å². The van der Waals surface area contributed by atoms with Crippen molar-refractivity contribution >= 4 is 11.9 Å². The Morgan fingerprint density at radius 1 is 1.44 bits per heavy atom. The highest BCUT2D eigenvalue weighted by Crippen LogP contribution is 2.16. The van der Waals surface area contributed by atoms with Crippen molar-refractivity contribution in [2.45, 2.75) is 26.7 Å². The van der Waals surface area contributed by atoms with Gasteiger partial charge in [0.15, 0.2) is 5.76 Å². The predicted molar refractivity (Wildman–Crippen MR) is 57.7 cm³/mol. The monoisotopic (exact) mass is 225 g/mol. The minimum atomic E-state index is -1.07. The topological polar surface area (TPSA) is 79.5 Å². The molecule has 0 aliphatic rings. The summed E-state index contributed by atoms with van der Waals surface area (Å²) in [4.78, 5) is 22.3. The highest BCUT2D eigenvalue weighted by Gasteiger charge is 2.19. The molecule has 0 saturated carbocycles. The van der Waals surface area contributed by atoms with Crippen LogP contribution in [0.4, 0.5) is 0 Å². The third kappa shape index (κ3) is 2.62. The Morgan fingerprint density at radius 2 is 2.12 bits per heavy atom. The summed E-state index contributed by atoms with van der Waals surface area (Å²) in [5.41, 5.74) is 0.0594. The van der Waals surface area contributed by atoms with Gasteiger partial charge in [0.05, 0.1) is 0 Å². The third-order valence-corrected chi connectivity index (χ3v) is 2.12. The number of rotatable bonds is 5. The first-order valence-electron chi connectivity index (χ1n) is 5.24. The van der Waals surface area contributed by atoms with E-state index < -0.39 is 5.97 Å². The van der Waals surface area contributed by atoms with Gasteiger partial charge in [-0.25, -0.2) is 4.79 Å². The van der Waals surface area contributed by atoms with Gasteiger partial charge in [-0.1, -0.05) is 13.8 Å². The number of aromatic carboxylic acids is 1. The van der Waals surface area contributed by atoms with Gasteiger partial charge >= 0.3 is 5.97 Å². The van der Waals surface area contributed by atoms with Crippen LogP contribution in [-0.2, 0) is 6.42 Å². The molecule has 1 aromatic rings. The molecule has 0 fully saturated rings. The van der Waals surface area contributed by atoms with E-state index in [9.17, 15) is 9.59 Å². The summed E-state index contributed by atoms with van der Waals surface area (Å²) in [5, 5.41) is 11.5. The van der Waals surface area contributed by atoms with Gasteiger partial charge in [0.1, 0.15) is 11.3 Å². The van der Waals surface area contributed by atoms with E-state index in [1.54, 1.807) is 6.92 Å². The second kappa shape index (κ2) is 5.34. The van der Waals surface area contributed by atoms with Crippen LogP contribution in [-0.4, -0.2) is 23.5 Å². The first-order chi connectivity index (χ1) is 7.60. The predicted octanol–water partition coefficient (Wildman–Crippen LogP) is 1.68. The van der Waals surface area contributed by atoms with Crippen molar-refractivity contribution in [3.63, 3.8) is 0 Å². The van der Waals surface area contributed by atoms with Gasteiger partial charge in [-0.05, 0) is 6.42 Å². The van der Waals surface area contributed by atoms with Crippen molar-refractivity contribution in [1.82, 2.24) is 5.32 Å². The number of hydrogen-bond donors (Lipinski definition) is 2. The highest BCUT2D eigenvalue weighted by molar-refractivity contribution is 5.96. The van der Waals surface area contributed by atoms with Crippen molar-refractivity contribution in [1.29, 1.82) is 0 Å². The molecule has 0 aromatic carbocycles. The van der Waals surface area contributed by atoms with Crippen LogP contribution in [0.5, 0.6) is 0 Å². The van der Waals surface area contributed by atoms with Crippen molar-refractivity contribution in [3.8, 4) is 0 Å². The van der Waals surface area contributed by atoms with E-state index in [4.69, 9.17) is 9.52 Å². The highest BCUT2D eigenvalue weighted by atomic mass is 16.4. The molecule has 0 unspecified atom stereocenters. The number of amides is 1. The SMILES string of the molecule is CCCNC(=O)c1cc(C(=O)O)c(CC)o1. The number of carbonyl (C=O) groups excluding carboxylic acids is 1. The van der Waals surface area contributed by atoms with E-state index in [0.717, 1.165) is 6.42 Å². The smallest absolute Gasteiger partial charge is 0.339 e. The van der Waals surface area contributed by atoms with Gasteiger partial charge in [-0.2, -0.15) is 0 Å². The van der Waals surface area contributed by atoms with Crippen LogP contribution in [0.1, 0.15) is 46.9 Å². The summed E-state index contributed by atoms with van der Waals surface area (Å²) in [6, 6.07) is 1.27. The Hall–Kier alpha value is -1.78. The summed E-state index contributed by atoms with van der Waals surface area (Å²) in [7, 11) is 0. The summed E-state index contributed by atoms with van der Waals surface area (Å²) < 4.78 is 5.19. The van der Waals surface area contributed by atoms with E-state index in [0.29, 0.717) is 18.7 Å². The molecule has 1 heterocycles. The van der Waals surface area contributed by atoms with Crippen LogP contribution < -0.4 is 5.32 Å². The minimum absolute atomic E-state index is 0.0581. The molecule has 0 atom stereocenters. The van der Waals surface area contributed by atoms with Gasteiger partial charge in [-0.15, -0.1) is 0 Å². The van der Waals surface area contributed by atoms with Crippen molar-refractivity contribution < 1.29 is 19.1 Å². The molecule has 5 heteroatoms. The van der Waals surface area contributed by atoms with Crippen molar-refractivity contribution in [2.24, 2.45) is 0 Å². The first kappa shape index (κ1) is 12.3. The molecular weight excluding hydrogens is 210 g/mol. The van der Waals surface area contributed by atoms with Crippen molar-refractivity contribution in [3.05, 3.63) is 23.2 Å². The molecule has 0 bridgehead atoms. The molecule has 5 nitrogen and oxygen atoms in total. The standard InChI is InChI=1S/C11H15NO4/c1-3-5-12-10(13)9-6-7(11(14)15)8(4-2)16-9/h6H,3-5H2,1-2H3,(H,12,13)(H,14,15). The molecule has 1 amide bonds. The average Bonchev–Trinajstić information content (AvgIpc) is 2.69. The van der Waals surface area contributed by atoms with Crippen LogP contribution in [0.3, 0.4) is 0 Å². The molecule has 0 radical (unpaired) electrons. The fourth-order valence-corrected chi connectivity index (χ4v) is 1.31. The Labute approximate surface area is 93.4 Å². The maximum Gasteiger partial charge on any atom is 0.339 e. The van der Waals surface area contributed by atoms with E-state index in [2.05, 4.69) is 5.32 Å². The summed E-state index contributed by atoms with van der Waals surface area (Å²) >= 11 is 0. The number of carboxylic acids is 1. The lowest BCUT2D eigenvalue weighted by Gasteiger charge is -1.98. The quantitative estimate of drug-likeness (QED) is 0.799. The van der Waals surface area contributed by atoms with Gasteiger partial charge in [0.2, 0.25) is 0 Å². The van der Waals surface area contributed by atoms with Crippen LogP contribution in [0.25, 0.3) is 0 Å². The zero-order valence-corrected chi connectivity index (χ0v) is 9.37. The third-order valence-electron chi connectivity index (χ3n) is 2.12. The molecule has 88 valence electrons. The Bertz CT molecular complexity index is 395. The van der Waals surface area contributed by atoms with Gasteiger partial charge in [0, 0.05) is 19.0 Å². The number of carboxylic acid groups (broad SMARTS) is 1. The molecule has 1 aromatic heterocycles. The molecule has 0 aliphatic carbocycles. The number of carbonyl (C=O) groups is 2. The van der Waals surface area contributed by atoms with Crippen LogP contribution in [0, 0.1) is 0 Å².